The zero-order valence-electron chi connectivity index (χ0n) is 17.7. The highest BCUT2D eigenvalue weighted by Gasteiger charge is 2.42. The Bertz CT molecular complexity index is 965. The molecular formula is C22H25Cl2N5O3. The van der Waals surface area contributed by atoms with Gasteiger partial charge < -0.3 is 19.8 Å². The zero-order valence-corrected chi connectivity index (χ0v) is 19.2. The molecule has 4 rings (SSSR count). The van der Waals surface area contributed by atoms with Crippen LogP contribution in [0.3, 0.4) is 0 Å². The van der Waals surface area contributed by atoms with E-state index in [4.69, 9.17) is 23.2 Å². The smallest absolute Gasteiger partial charge is 0.407 e. The van der Waals surface area contributed by atoms with Crippen LogP contribution < -0.4 is 4.90 Å². The molecule has 1 N–H and O–H groups in total. The maximum atomic E-state index is 13.3. The van der Waals surface area contributed by atoms with Crippen LogP contribution in [-0.4, -0.2) is 76.1 Å². The van der Waals surface area contributed by atoms with E-state index in [1.165, 1.54) is 4.90 Å². The Kier molecular flexibility index (Phi) is 6.71. The lowest BCUT2D eigenvalue weighted by molar-refractivity contribution is -0.135. The fraction of sp³-hybridized carbons (Fsp3) is 0.455. The van der Waals surface area contributed by atoms with Crippen LogP contribution >= 0.6 is 23.2 Å². The Morgan fingerprint density at radius 3 is 2.25 bits per heavy atom. The number of nitrogens with zero attached hydrogens (tertiary/aromatic N) is 5. The van der Waals surface area contributed by atoms with E-state index in [1.807, 2.05) is 17.0 Å². The van der Waals surface area contributed by atoms with Crippen LogP contribution in [0.2, 0.25) is 10.0 Å². The second-order valence-corrected chi connectivity index (χ2v) is 9.20. The summed E-state index contributed by atoms with van der Waals surface area (Å²) in [6.07, 6.45) is 3.54. The molecule has 10 heteroatoms. The zero-order chi connectivity index (χ0) is 22.8. The maximum absolute atomic E-state index is 13.3. The second kappa shape index (κ2) is 9.50. The van der Waals surface area contributed by atoms with Crippen molar-refractivity contribution < 1.29 is 14.7 Å². The Balaban J connectivity index is 1.43. The highest BCUT2D eigenvalue weighted by atomic mass is 35.5. The van der Waals surface area contributed by atoms with Gasteiger partial charge in [-0.3, -0.25) is 4.79 Å². The SMILES string of the molecule is CN(C(=O)O)[C@@H]1CN(C(=O)C2CCN(c3ncc(Cl)cn3)CC2)C[C@H]1c1ccc(Cl)cc1. The number of halogens is 2. The van der Waals surface area contributed by atoms with E-state index in [0.29, 0.717) is 55.0 Å². The molecule has 0 aliphatic carbocycles. The lowest BCUT2D eigenvalue weighted by Crippen LogP contribution is -2.44. The molecule has 8 nitrogen and oxygen atoms in total. The number of amides is 2. The van der Waals surface area contributed by atoms with Gasteiger partial charge in [-0.25, -0.2) is 14.8 Å². The Labute approximate surface area is 196 Å². The third-order valence-corrected chi connectivity index (χ3v) is 6.88. The second-order valence-electron chi connectivity index (χ2n) is 8.32. The predicted octanol–water partition coefficient (Wildman–Crippen LogP) is 3.60. The minimum Gasteiger partial charge on any atom is -0.465 e. The van der Waals surface area contributed by atoms with E-state index in [-0.39, 0.29) is 23.8 Å². The van der Waals surface area contributed by atoms with Crippen LogP contribution in [0.15, 0.2) is 36.7 Å². The molecule has 2 aliphatic rings. The van der Waals surface area contributed by atoms with E-state index in [0.717, 1.165) is 5.56 Å². The van der Waals surface area contributed by atoms with Crippen molar-refractivity contribution in [3.8, 4) is 0 Å². The summed E-state index contributed by atoms with van der Waals surface area (Å²) in [5.41, 5.74) is 0.984. The number of carbonyl (C=O) groups is 2. The lowest BCUT2D eigenvalue weighted by atomic mass is 9.93. The summed E-state index contributed by atoms with van der Waals surface area (Å²) < 4.78 is 0. The molecule has 0 radical (unpaired) electrons. The third-order valence-electron chi connectivity index (χ3n) is 6.43. The molecule has 0 unspecified atom stereocenters. The molecule has 2 saturated heterocycles. The number of hydrogen-bond acceptors (Lipinski definition) is 5. The minimum atomic E-state index is -1.00. The molecule has 2 aliphatic heterocycles. The van der Waals surface area contributed by atoms with Crippen molar-refractivity contribution in [2.24, 2.45) is 5.92 Å². The number of rotatable bonds is 4. The summed E-state index contributed by atoms with van der Waals surface area (Å²) >= 11 is 11.9. The first kappa shape index (κ1) is 22.6. The summed E-state index contributed by atoms with van der Waals surface area (Å²) in [4.78, 5) is 38.7. The van der Waals surface area contributed by atoms with E-state index in [2.05, 4.69) is 14.9 Å². The number of carboxylic acid groups (broad SMARTS) is 1. The highest BCUT2D eigenvalue weighted by molar-refractivity contribution is 6.30. The van der Waals surface area contributed by atoms with Gasteiger partial charge in [0.25, 0.3) is 0 Å². The Morgan fingerprint density at radius 2 is 1.66 bits per heavy atom. The predicted molar refractivity (Wildman–Crippen MR) is 122 cm³/mol. The van der Waals surface area contributed by atoms with Gasteiger partial charge in [0.15, 0.2) is 0 Å². The molecule has 2 aromatic rings. The summed E-state index contributed by atoms with van der Waals surface area (Å²) in [5.74, 6) is 0.507. The van der Waals surface area contributed by atoms with Gasteiger partial charge in [-0.15, -0.1) is 0 Å². The molecule has 3 heterocycles. The maximum Gasteiger partial charge on any atom is 0.407 e. The van der Waals surface area contributed by atoms with Gasteiger partial charge in [-0.05, 0) is 30.5 Å². The lowest BCUT2D eigenvalue weighted by Gasteiger charge is -2.33. The molecule has 1 aromatic heterocycles. The number of likely N-dealkylation sites (N-methyl/N-ethyl adjacent to an activating group) is 1. The summed E-state index contributed by atoms with van der Waals surface area (Å²) in [6, 6.07) is 7.12. The standard InChI is InChI=1S/C22H25Cl2N5O3/c1-27(22(31)32)19-13-29(12-18(19)14-2-4-16(23)5-3-14)20(30)15-6-8-28(9-7-15)21-25-10-17(24)11-26-21/h2-5,10-11,15,18-19H,6-9,12-13H2,1H3,(H,31,32)/t18-,19+/m0/s1. The van der Waals surface area contributed by atoms with Crippen LogP contribution in [0, 0.1) is 5.92 Å². The molecule has 0 bridgehead atoms. The van der Waals surface area contributed by atoms with Crippen molar-refractivity contribution >= 4 is 41.2 Å². The Morgan fingerprint density at radius 1 is 1.03 bits per heavy atom. The van der Waals surface area contributed by atoms with E-state index in [1.54, 1.807) is 31.6 Å². The quantitative estimate of drug-likeness (QED) is 0.723. The van der Waals surface area contributed by atoms with Crippen LogP contribution in [0.4, 0.5) is 10.7 Å². The first-order chi connectivity index (χ1) is 15.3. The summed E-state index contributed by atoms with van der Waals surface area (Å²) in [6.45, 7) is 2.24. The van der Waals surface area contributed by atoms with E-state index in [9.17, 15) is 14.7 Å². The fourth-order valence-electron chi connectivity index (χ4n) is 4.59. The van der Waals surface area contributed by atoms with Crippen molar-refractivity contribution in [3.05, 3.63) is 52.3 Å². The third kappa shape index (κ3) is 4.76. The number of likely N-dealkylation sites (tertiary alicyclic amines) is 1. The molecule has 2 fully saturated rings. The summed E-state index contributed by atoms with van der Waals surface area (Å²) in [7, 11) is 1.56. The number of benzene rings is 1. The largest absolute Gasteiger partial charge is 0.465 e. The van der Waals surface area contributed by atoms with Crippen LogP contribution in [0.1, 0.15) is 24.3 Å². The van der Waals surface area contributed by atoms with Crippen LogP contribution in [0.5, 0.6) is 0 Å². The average molecular weight is 478 g/mol. The topological polar surface area (TPSA) is 89.9 Å². The van der Waals surface area contributed by atoms with Gasteiger partial charge in [0.2, 0.25) is 11.9 Å². The van der Waals surface area contributed by atoms with Crippen molar-refractivity contribution in [1.29, 1.82) is 0 Å². The molecule has 170 valence electrons. The van der Waals surface area contributed by atoms with Gasteiger partial charge >= 0.3 is 6.09 Å². The van der Waals surface area contributed by atoms with Gasteiger partial charge in [0.1, 0.15) is 0 Å². The molecule has 0 saturated carbocycles. The Hall–Kier alpha value is -2.58. The van der Waals surface area contributed by atoms with Crippen molar-refractivity contribution in [1.82, 2.24) is 19.8 Å². The van der Waals surface area contributed by atoms with Gasteiger partial charge in [-0.2, -0.15) is 0 Å². The number of carbonyl (C=O) groups excluding carboxylic acids is 1. The molecule has 2 atom stereocenters. The number of hydrogen-bond donors (Lipinski definition) is 1. The molecule has 0 spiro atoms. The van der Waals surface area contributed by atoms with Gasteiger partial charge in [0, 0.05) is 50.1 Å². The average Bonchev–Trinajstić information content (AvgIpc) is 3.24. The van der Waals surface area contributed by atoms with Gasteiger partial charge in [-0.1, -0.05) is 35.3 Å². The number of anilines is 1. The molecule has 2 amide bonds. The van der Waals surface area contributed by atoms with Crippen LogP contribution in [0.25, 0.3) is 0 Å². The normalized spacial score (nSPS) is 21.6. The van der Waals surface area contributed by atoms with Crippen LogP contribution in [-0.2, 0) is 4.79 Å². The van der Waals surface area contributed by atoms with Crippen molar-refractivity contribution in [2.75, 3.05) is 38.1 Å². The first-order valence-corrected chi connectivity index (χ1v) is 11.3. The number of aromatic nitrogens is 2. The first-order valence-electron chi connectivity index (χ1n) is 10.6. The fourth-order valence-corrected chi connectivity index (χ4v) is 4.82. The number of piperidine rings is 1. The molecule has 32 heavy (non-hydrogen) atoms. The molecule has 1 aromatic carbocycles. The van der Waals surface area contributed by atoms with Crippen molar-refractivity contribution in [3.63, 3.8) is 0 Å². The highest BCUT2D eigenvalue weighted by Crippen LogP contribution is 2.33. The molecular weight excluding hydrogens is 453 g/mol. The van der Waals surface area contributed by atoms with E-state index < -0.39 is 6.09 Å². The van der Waals surface area contributed by atoms with Crippen molar-refractivity contribution in [2.45, 2.75) is 24.8 Å². The monoisotopic (exact) mass is 477 g/mol. The van der Waals surface area contributed by atoms with E-state index >= 15 is 0 Å². The minimum absolute atomic E-state index is 0.0851. The summed E-state index contributed by atoms with van der Waals surface area (Å²) in [5, 5.41) is 10.7. The van der Waals surface area contributed by atoms with Gasteiger partial charge in [0.05, 0.1) is 23.5 Å².